The molecule has 4 rings (SSSR count). The van der Waals surface area contributed by atoms with Crippen molar-refractivity contribution in [2.45, 2.75) is 64.8 Å². The fourth-order valence-electron chi connectivity index (χ4n) is 4.17. The number of amides is 1. The van der Waals surface area contributed by atoms with Crippen LogP contribution in [0.3, 0.4) is 0 Å². The number of fused-ring (bicyclic) bond motifs is 1. The minimum absolute atomic E-state index is 0.0579. The number of hydrogen-bond acceptors (Lipinski definition) is 5. The van der Waals surface area contributed by atoms with E-state index in [1.54, 1.807) is 0 Å². The van der Waals surface area contributed by atoms with Gasteiger partial charge in [0, 0.05) is 12.2 Å². The lowest BCUT2D eigenvalue weighted by atomic mass is 9.92. The average Bonchev–Trinajstić information content (AvgIpc) is 3.17. The van der Waals surface area contributed by atoms with Crippen molar-refractivity contribution in [1.29, 1.82) is 0 Å². The van der Waals surface area contributed by atoms with Gasteiger partial charge in [0.1, 0.15) is 12.4 Å². The molecule has 0 saturated heterocycles. The Balaban J connectivity index is 1.35. The van der Waals surface area contributed by atoms with Crippen LogP contribution in [0.1, 0.15) is 47.8 Å². The van der Waals surface area contributed by atoms with E-state index in [2.05, 4.69) is 33.7 Å². The van der Waals surface area contributed by atoms with E-state index in [9.17, 15) is 4.79 Å². The van der Waals surface area contributed by atoms with E-state index in [-0.39, 0.29) is 11.7 Å². The van der Waals surface area contributed by atoms with E-state index in [0.29, 0.717) is 6.61 Å². The second-order valence-electron chi connectivity index (χ2n) is 8.28. The minimum Gasteiger partial charge on any atom is -0.486 e. The van der Waals surface area contributed by atoms with Crippen LogP contribution in [0, 0.1) is 13.8 Å². The second-order valence-corrected chi connectivity index (χ2v) is 9.23. The first-order valence-corrected chi connectivity index (χ1v) is 12.2. The summed E-state index contributed by atoms with van der Waals surface area (Å²) in [5.41, 5.74) is 5.92. The molecule has 7 heteroatoms. The van der Waals surface area contributed by atoms with Gasteiger partial charge in [-0.1, -0.05) is 23.9 Å². The number of ether oxygens (including phenoxy) is 1. The third-order valence-electron chi connectivity index (χ3n) is 5.64. The Morgan fingerprint density at radius 1 is 1.06 bits per heavy atom. The topological polar surface area (TPSA) is 69.0 Å². The Labute approximate surface area is 193 Å². The zero-order valence-electron chi connectivity index (χ0n) is 19.0. The van der Waals surface area contributed by atoms with Crippen LogP contribution in [-0.4, -0.2) is 26.4 Å². The number of carbonyl (C=O) groups is 1. The summed E-state index contributed by atoms with van der Waals surface area (Å²) in [5.74, 6) is 1.86. The molecule has 0 aliphatic heterocycles. The highest BCUT2D eigenvalue weighted by Crippen LogP contribution is 2.26. The van der Waals surface area contributed by atoms with Crippen LogP contribution >= 0.6 is 11.8 Å². The average molecular weight is 451 g/mol. The van der Waals surface area contributed by atoms with Crippen molar-refractivity contribution in [3.8, 4) is 5.75 Å². The molecule has 6 nitrogen and oxygen atoms in total. The molecule has 1 heterocycles. The molecule has 0 radical (unpaired) electrons. The predicted molar refractivity (Wildman–Crippen MR) is 128 cm³/mol. The van der Waals surface area contributed by atoms with Gasteiger partial charge in [-0.25, -0.2) is 0 Å². The highest BCUT2D eigenvalue weighted by atomic mass is 32.2. The molecule has 1 aliphatic carbocycles. The summed E-state index contributed by atoms with van der Waals surface area (Å²) < 4.78 is 8.04. The third kappa shape index (κ3) is 5.51. The summed E-state index contributed by atoms with van der Waals surface area (Å²) in [6.45, 7) is 7.17. The summed E-state index contributed by atoms with van der Waals surface area (Å²) in [7, 11) is 0. The van der Waals surface area contributed by atoms with Gasteiger partial charge >= 0.3 is 0 Å². The minimum atomic E-state index is -0.0579. The fourth-order valence-corrected chi connectivity index (χ4v) is 4.99. The lowest BCUT2D eigenvalue weighted by molar-refractivity contribution is -0.113. The molecule has 1 aliphatic rings. The van der Waals surface area contributed by atoms with E-state index < -0.39 is 0 Å². The van der Waals surface area contributed by atoms with Gasteiger partial charge in [-0.2, -0.15) is 0 Å². The number of anilines is 1. The summed E-state index contributed by atoms with van der Waals surface area (Å²) in [5, 5.41) is 12.3. The van der Waals surface area contributed by atoms with Crippen molar-refractivity contribution >= 4 is 23.4 Å². The van der Waals surface area contributed by atoms with Crippen LogP contribution in [0.5, 0.6) is 5.75 Å². The Morgan fingerprint density at radius 3 is 2.56 bits per heavy atom. The first kappa shape index (κ1) is 22.4. The molecule has 2 aromatic carbocycles. The highest BCUT2D eigenvalue weighted by molar-refractivity contribution is 7.99. The number of rotatable bonds is 8. The van der Waals surface area contributed by atoms with Gasteiger partial charge < -0.3 is 14.6 Å². The number of carbonyl (C=O) groups excluding carboxylic acids is 1. The zero-order valence-corrected chi connectivity index (χ0v) is 19.8. The van der Waals surface area contributed by atoms with E-state index in [1.807, 2.05) is 43.5 Å². The zero-order chi connectivity index (χ0) is 22.5. The van der Waals surface area contributed by atoms with Gasteiger partial charge in [0.2, 0.25) is 5.91 Å². The maximum Gasteiger partial charge on any atom is 0.234 e. The first-order chi connectivity index (χ1) is 15.5. The molecule has 0 atom stereocenters. The van der Waals surface area contributed by atoms with Crippen LogP contribution in [0.2, 0.25) is 0 Å². The Kier molecular flexibility index (Phi) is 7.15. The van der Waals surface area contributed by atoms with E-state index >= 15 is 0 Å². The van der Waals surface area contributed by atoms with Gasteiger partial charge in [-0.05, 0) is 93.0 Å². The molecule has 3 aromatic rings. The molecule has 1 N–H and O–H groups in total. The maximum atomic E-state index is 12.4. The fraction of sp³-hybridized carbons (Fsp3) is 0.400. The van der Waals surface area contributed by atoms with Crippen LogP contribution in [0.15, 0.2) is 41.6 Å². The van der Waals surface area contributed by atoms with Crippen LogP contribution in [0.4, 0.5) is 5.69 Å². The largest absolute Gasteiger partial charge is 0.486 e. The van der Waals surface area contributed by atoms with Crippen molar-refractivity contribution in [3.05, 3.63) is 64.5 Å². The standard InChI is InChI=1S/C25H30N4O2S/c1-4-29-23(15-31-22-10-9-19-7-5-6-8-20(19)14-22)27-28-25(29)32-16-24(30)26-21-12-17(2)11-18(3)13-21/h9-14H,4-8,15-16H2,1-3H3,(H,26,30). The van der Waals surface area contributed by atoms with Gasteiger partial charge in [0.25, 0.3) is 0 Å². The molecule has 0 bridgehead atoms. The van der Waals surface area contributed by atoms with Crippen LogP contribution in [0.25, 0.3) is 0 Å². The summed E-state index contributed by atoms with van der Waals surface area (Å²) >= 11 is 1.39. The Hall–Kier alpha value is -2.80. The molecule has 0 fully saturated rings. The lowest BCUT2D eigenvalue weighted by Crippen LogP contribution is -2.15. The molecular formula is C25H30N4O2S. The van der Waals surface area contributed by atoms with Crippen LogP contribution < -0.4 is 10.1 Å². The molecule has 0 spiro atoms. The van der Waals surface area contributed by atoms with E-state index in [0.717, 1.165) is 52.9 Å². The van der Waals surface area contributed by atoms with E-state index in [1.165, 1.54) is 35.7 Å². The molecule has 1 amide bonds. The quantitative estimate of drug-likeness (QED) is 0.483. The Morgan fingerprint density at radius 2 is 1.81 bits per heavy atom. The van der Waals surface area contributed by atoms with Crippen molar-refractivity contribution in [1.82, 2.24) is 14.8 Å². The number of benzene rings is 2. The smallest absolute Gasteiger partial charge is 0.234 e. The second kappa shape index (κ2) is 10.2. The SMILES string of the molecule is CCn1c(COc2ccc3c(c2)CCCC3)nnc1SCC(=O)Nc1cc(C)cc(C)c1. The molecular weight excluding hydrogens is 420 g/mol. The van der Waals surface area contributed by atoms with Crippen molar-refractivity contribution in [2.75, 3.05) is 11.1 Å². The van der Waals surface area contributed by atoms with E-state index in [4.69, 9.17) is 4.74 Å². The molecule has 1 aromatic heterocycles. The predicted octanol–water partition coefficient (Wildman–Crippen LogP) is 5.10. The normalized spacial score (nSPS) is 13.0. The Bertz CT molecular complexity index is 1090. The highest BCUT2D eigenvalue weighted by Gasteiger charge is 2.15. The van der Waals surface area contributed by atoms with Crippen molar-refractivity contribution in [2.24, 2.45) is 0 Å². The molecule has 32 heavy (non-hydrogen) atoms. The van der Waals surface area contributed by atoms with Crippen LogP contribution in [-0.2, 0) is 30.8 Å². The number of nitrogens with zero attached hydrogens (tertiary/aromatic N) is 3. The number of hydrogen-bond donors (Lipinski definition) is 1. The van der Waals surface area contributed by atoms with Gasteiger partial charge in [0.05, 0.1) is 5.75 Å². The summed E-state index contributed by atoms with van der Waals surface area (Å²) in [6, 6.07) is 12.4. The first-order valence-electron chi connectivity index (χ1n) is 11.2. The molecule has 168 valence electrons. The van der Waals surface area contributed by atoms with Gasteiger partial charge in [-0.15, -0.1) is 10.2 Å². The molecule has 0 unspecified atom stereocenters. The monoisotopic (exact) mass is 450 g/mol. The maximum absolute atomic E-state index is 12.4. The lowest BCUT2D eigenvalue weighted by Gasteiger charge is -2.16. The third-order valence-corrected chi connectivity index (χ3v) is 6.60. The van der Waals surface area contributed by atoms with Gasteiger partial charge in [-0.3, -0.25) is 4.79 Å². The summed E-state index contributed by atoms with van der Waals surface area (Å²) in [4.78, 5) is 12.4. The van der Waals surface area contributed by atoms with Crippen molar-refractivity contribution < 1.29 is 9.53 Å². The number of aryl methyl sites for hydroxylation is 4. The van der Waals surface area contributed by atoms with Gasteiger partial charge in [0.15, 0.2) is 11.0 Å². The van der Waals surface area contributed by atoms with Crippen molar-refractivity contribution in [3.63, 3.8) is 0 Å². The number of aromatic nitrogens is 3. The molecule has 0 saturated carbocycles. The number of nitrogens with one attached hydrogen (secondary N) is 1. The summed E-state index contributed by atoms with van der Waals surface area (Å²) in [6.07, 6.45) is 4.81. The number of thioether (sulfide) groups is 1.